The minimum atomic E-state index is -0.963. The molecule has 2 rings (SSSR count). The second-order valence-corrected chi connectivity index (χ2v) is 8.17. The minimum Gasteiger partial charge on any atom is -0.395 e. The summed E-state index contributed by atoms with van der Waals surface area (Å²) in [5.74, 6) is 0.194. The Morgan fingerprint density at radius 1 is 1.35 bits per heavy atom. The molecule has 1 unspecified atom stereocenters. The number of ether oxygens (including phenoxy) is 1. The van der Waals surface area contributed by atoms with Crippen LogP contribution < -0.4 is 0 Å². The summed E-state index contributed by atoms with van der Waals surface area (Å²) >= 11 is 0. The van der Waals surface area contributed by atoms with E-state index in [1.54, 1.807) is 27.0 Å². The maximum Gasteiger partial charge on any atom is 0.225 e. The van der Waals surface area contributed by atoms with Crippen LogP contribution in [0.25, 0.3) is 0 Å². The summed E-state index contributed by atoms with van der Waals surface area (Å²) in [4.78, 5) is 26.8. The number of nitrogens with zero attached hydrogens (tertiary/aromatic N) is 2. The predicted octanol–water partition coefficient (Wildman–Crippen LogP) is 1.86. The first-order valence-corrected chi connectivity index (χ1v) is 9.06. The lowest BCUT2D eigenvalue weighted by Crippen LogP contribution is -2.52. The number of hydrogen-bond donors (Lipinski definition) is 1. The van der Waals surface area contributed by atoms with E-state index < -0.39 is 11.0 Å². The topological polar surface area (TPSA) is 92.9 Å². The van der Waals surface area contributed by atoms with E-state index in [-0.39, 0.29) is 30.8 Å². The van der Waals surface area contributed by atoms with Crippen molar-refractivity contribution in [3.63, 3.8) is 0 Å². The molecule has 1 aliphatic heterocycles. The highest BCUT2D eigenvalue weighted by molar-refractivity contribution is 5.93. The maximum atomic E-state index is 12.8. The van der Waals surface area contributed by atoms with Gasteiger partial charge in [-0.1, -0.05) is 19.0 Å². The van der Waals surface area contributed by atoms with Crippen LogP contribution in [0.15, 0.2) is 10.6 Å². The fraction of sp³-hybridized carbons (Fsp3) is 0.737. The molecule has 146 valence electrons. The van der Waals surface area contributed by atoms with Gasteiger partial charge in [0.25, 0.3) is 0 Å². The highest BCUT2D eigenvalue weighted by Crippen LogP contribution is 2.25. The van der Waals surface area contributed by atoms with E-state index in [1.165, 1.54) is 4.90 Å². The second-order valence-electron chi connectivity index (χ2n) is 8.17. The Morgan fingerprint density at radius 3 is 2.62 bits per heavy atom. The summed E-state index contributed by atoms with van der Waals surface area (Å²) in [7, 11) is 1.65. The quantitative estimate of drug-likeness (QED) is 0.755. The first-order valence-electron chi connectivity index (χ1n) is 9.06. The highest BCUT2D eigenvalue weighted by atomic mass is 16.5. The number of ketones is 1. The molecular formula is C19H30N2O5. The SMILES string of the molecule is CN(C(=O)CC1CCCO1)C(C)(C)C(=O)Cc1cc(C(C)(C)CO)no1. The van der Waals surface area contributed by atoms with Crippen molar-refractivity contribution in [1.82, 2.24) is 10.1 Å². The summed E-state index contributed by atoms with van der Waals surface area (Å²) in [6, 6.07) is 1.69. The van der Waals surface area contributed by atoms with Gasteiger partial charge in [0, 0.05) is 25.1 Å². The van der Waals surface area contributed by atoms with Crippen LogP contribution in [0, 0.1) is 0 Å². The summed E-state index contributed by atoms with van der Waals surface area (Å²) in [5, 5.41) is 13.4. The number of aliphatic hydroxyl groups excluding tert-OH is 1. The average molecular weight is 366 g/mol. The van der Waals surface area contributed by atoms with Crippen LogP contribution >= 0.6 is 0 Å². The number of aliphatic hydroxyl groups is 1. The summed E-state index contributed by atoms with van der Waals surface area (Å²) in [5.41, 5.74) is -0.896. The van der Waals surface area contributed by atoms with Crippen LogP contribution in [0.5, 0.6) is 0 Å². The van der Waals surface area contributed by atoms with Crippen molar-refractivity contribution < 1.29 is 24.0 Å². The van der Waals surface area contributed by atoms with E-state index in [0.29, 0.717) is 24.5 Å². The van der Waals surface area contributed by atoms with Gasteiger partial charge in [0.05, 0.1) is 36.8 Å². The third-order valence-electron chi connectivity index (χ3n) is 5.30. The number of Topliss-reactive ketones (excluding diaryl/α,β-unsaturated/α-hetero) is 1. The molecule has 1 amide bonds. The van der Waals surface area contributed by atoms with E-state index in [0.717, 1.165) is 12.8 Å². The van der Waals surface area contributed by atoms with Crippen LogP contribution in [-0.2, 0) is 26.2 Å². The van der Waals surface area contributed by atoms with Crippen molar-refractivity contribution >= 4 is 11.7 Å². The largest absolute Gasteiger partial charge is 0.395 e. The molecule has 7 nitrogen and oxygen atoms in total. The normalized spacial score (nSPS) is 18.2. The Morgan fingerprint density at radius 2 is 2.04 bits per heavy atom. The Hall–Kier alpha value is -1.73. The summed E-state index contributed by atoms with van der Waals surface area (Å²) < 4.78 is 10.8. The third-order valence-corrected chi connectivity index (χ3v) is 5.30. The molecule has 1 aromatic rings. The molecule has 0 spiro atoms. The van der Waals surface area contributed by atoms with Gasteiger partial charge >= 0.3 is 0 Å². The van der Waals surface area contributed by atoms with E-state index in [1.807, 2.05) is 13.8 Å². The van der Waals surface area contributed by atoms with E-state index in [4.69, 9.17) is 9.26 Å². The van der Waals surface area contributed by atoms with E-state index in [9.17, 15) is 14.7 Å². The van der Waals surface area contributed by atoms with Crippen molar-refractivity contribution in [2.75, 3.05) is 20.3 Å². The maximum absolute atomic E-state index is 12.8. The molecule has 0 aromatic carbocycles. The zero-order valence-electron chi connectivity index (χ0n) is 16.4. The first kappa shape index (κ1) is 20.6. The Kier molecular flexibility index (Phi) is 6.24. The lowest BCUT2D eigenvalue weighted by atomic mass is 9.89. The Labute approximate surface area is 154 Å². The molecule has 0 bridgehead atoms. The molecule has 1 N–H and O–H groups in total. The molecule has 0 saturated carbocycles. The van der Waals surface area contributed by atoms with Crippen molar-refractivity contribution in [3.8, 4) is 0 Å². The van der Waals surface area contributed by atoms with Crippen LogP contribution in [0.3, 0.4) is 0 Å². The smallest absolute Gasteiger partial charge is 0.225 e. The predicted molar refractivity (Wildman–Crippen MR) is 95.8 cm³/mol. The van der Waals surface area contributed by atoms with Gasteiger partial charge in [-0.2, -0.15) is 0 Å². The minimum absolute atomic E-state index is 0.0407. The molecule has 1 aliphatic rings. The number of hydrogen-bond acceptors (Lipinski definition) is 6. The van der Waals surface area contributed by atoms with Gasteiger partial charge in [0.2, 0.25) is 5.91 Å². The van der Waals surface area contributed by atoms with Crippen molar-refractivity contribution in [2.24, 2.45) is 0 Å². The highest BCUT2D eigenvalue weighted by Gasteiger charge is 2.37. The molecule has 0 aliphatic carbocycles. The van der Waals surface area contributed by atoms with Gasteiger partial charge < -0.3 is 19.3 Å². The molecule has 7 heteroatoms. The van der Waals surface area contributed by atoms with E-state index in [2.05, 4.69) is 5.16 Å². The van der Waals surface area contributed by atoms with Gasteiger partial charge in [-0.05, 0) is 26.7 Å². The van der Waals surface area contributed by atoms with Gasteiger partial charge in [0.1, 0.15) is 5.76 Å². The van der Waals surface area contributed by atoms with Crippen molar-refractivity contribution in [2.45, 2.75) is 70.4 Å². The fourth-order valence-electron chi connectivity index (χ4n) is 2.81. The van der Waals surface area contributed by atoms with Crippen LogP contribution in [-0.4, -0.2) is 58.8 Å². The standard InChI is InChI=1S/C19H30N2O5/c1-18(2,12-22)15-9-14(26-20-15)10-16(23)19(3,4)21(5)17(24)11-13-7-6-8-25-13/h9,13,22H,6-8,10-12H2,1-5H3. The van der Waals surface area contributed by atoms with E-state index >= 15 is 0 Å². The number of carbonyl (C=O) groups is 2. The molecule has 1 aromatic heterocycles. The van der Waals surface area contributed by atoms with Crippen LogP contribution in [0.1, 0.15) is 58.4 Å². The second kappa shape index (κ2) is 7.88. The van der Waals surface area contributed by atoms with Gasteiger partial charge in [0.15, 0.2) is 5.78 Å². The number of carbonyl (C=O) groups excluding carboxylic acids is 2. The molecule has 1 fully saturated rings. The number of rotatable bonds is 8. The zero-order valence-corrected chi connectivity index (χ0v) is 16.4. The van der Waals surface area contributed by atoms with Crippen molar-refractivity contribution in [1.29, 1.82) is 0 Å². The number of amides is 1. The molecule has 1 saturated heterocycles. The zero-order chi connectivity index (χ0) is 19.5. The molecule has 1 atom stereocenters. The van der Waals surface area contributed by atoms with Crippen LogP contribution in [0.2, 0.25) is 0 Å². The molecule has 2 heterocycles. The fourth-order valence-corrected chi connectivity index (χ4v) is 2.81. The Bertz CT molecular complexity index is 644. The molecular weight excluding hydrogens is 336 g/mol. The van der Waals surface area contributed by atoms with Gasteiger partial charge in [-0.3, -0.25) is 9.59 Å². The first-order chi connectivity index (χ1) is 12.1. The van der Waals surface area contributed by atoms with Gasteiger partial charge in [-0.15, -0.1) is 0 Å². The third kappa shape index (κ3) is 4.51. The summed E-state index contributed by atoms with van der Waals surface area (Å²) in [6.07, 6.45) is 2.15. The molecule has 0 radical (unpaired) electrons. The number of likely N-dealkylation sites (N-methyl/N-ethyl adjacent to an activating group) is 1. The lowest BCUT2D eigenvalue weighted by Gasteiger charge is -2.34. The molecule has 26 heavy (non-hydrogen) atoms. The van der Waals surface area contributed by atoms with Crippen molar-refractivity contribution in [3.05, 3.63) is 17.5 Å². The average Bonchev–Trinajstić information content (AvgIpc) is 3.26. The summed E-state index contributed by atoms with van der Waals surface area (Å²) in [6.45, 7) is 7.78. The monoisotopic (exact) mass is 366 g/mol. The Balaban J connectivity index is 2.01. The number of aromatic nitrogens is 1. The van der Waals surface area contributed by atoms with Crippen LogP contribution in [0.4, 0.5) is 0 Å². The lowest BCUT2D eigenvalue weighted by molar-refractivity contribution is -0.144. The van der Waals surface area contributed by atoms with Gasteiger partial charge in [-0.25, -0.2) is 0 Å².